The topological polar surface area (TPSA) is 108 Å². The van der Waals surface area contributed by atoms with Crippen molar-refractivity contribution in [2.45, 2.75) is 37.6 Å². The third-order valence-electron chi connectivity index (χ3n) is 5.70. The zero-order valence-corrected chi connectivity index (χ0v) is 12.1. The highest BCUT2D eigenvalue weighted by atomic mass is 16.2. The molecule has 0 aromatic carbocycles. The van der Waals surface area contributed by atoms with Crippen molar-refractivity contribution in [3.05, 3.63) is 0 Å². The number of nitrogens with zero attached hydrogens (tertiary/aromatic N) is 1. The van der Waals surface area contributed by atoms with Gasteiger partial charge in [-0.2, -0.15) is 5.26 Å². The van der Waals surface area contributed by atoms with Crippen molar-refractivity contribution in [2.24, 2.45) is 29.4 Å². The lowest BCUT2D eigenvalue weighted by Gasteiger charge is -2.36. The molecule has 0 spiro atoms. The minimum absolute atomic E-state index is 0.00385. The fourth-order valence-electron chi connectivity index (χ4n) is 4.63. The first kappa shape index (κ1) is 14.3. The molecular formula is C15H22N4O2. The van der Waals surface area contributed by atoms with Gasteiger partial charge in [0.05, 0.1) is 12.0 Å². The highest BCUT2D eigenvalue weighted by Crippen LogP contribution is 2.48. The summed E-state index contributed by atoms with van der Waals surface area (Å²) >= 11 is 0. The highest BCUT2D eigenvalue weighted by Gasteiger charge is 2.58. The van der Waals surface area contributed by atoms with Gasteiger partial charge < -0.3 is 16.4 Å². The van der Waals surface area contributed by atoms with Crippen molar-refractivity contribution in [1.82, 2.24) is 10.6 Å². The summed E-state index contributed by atoms with van der Waals surface area (Å²) in [4.78, 5) is 24.0. The number of carbonyl (C=O) groups is 2. The van der Waals surface area contributed by atoms with Crippen molar-refractivity contribution in [3.63, 3.8) is 0 Å². The zero-order valence-electron chi connectivity index (χ0n) is 12.1. The molecule has 2 amide bonds. The molecule has 0 aromatic heterocycles. The maximum atomic E-state index is 12.2. The SMILES string of the molecule is N#C[C@@H](C[C@H]1CCNC1=O)C1(C(N)=O)NCC2CCCC21. The van der Waals surface area contributed by atoms with Gasteiger partial charge in [-0.1, -0.05) is 6.42 Å². The molecule has 2 aliphatic heterocycles. The van der Waals surface area contributed by atoms with Crippen LogP contribution in [0.15, 0.2) is 0 Å². The lowest BCUT2D eigenvalue weighted by Crippen LogP contribution is -2.60. The summed E-state index contributed by atoms with van der Waals surface area (Å²) in [6.45, 7) is 1.41. The largest absolute Gasteiger partial charge is 0.368 e. The number of nitrogens with one attached hydrogen (secondary N) is 2. The van der Waals surface area contributed by atoms with E-state index >= 15 is 0 Å². The Morgan fingerprint density at radius 1 is 1.48 bits per heavy atom. The Hall–Kier alpha value is -1.61. The van der Waals surface area contributed by atoms with E-state index < -0.39 is 17.4 Å². The number of fused-ring (bicyclic) bond motifs is 1. The smallest absolute Gasteiger partial charge is 0.239 e. The van der Waals surface area contributed by atoms with Crippen LogP contribution < -0.4 is 16.4 Å². The van der Waals surface area contributed by atoms with E-state index in [0.717, 1.165) is 32.2 Å². The average molecular weight is 290 g/mol. The fourth-order valence-corrected chi connectivity index (χ4v) is 4.63. The maximum absolute atomic E-state index is 12.2. The standard InChI is InChI=1S/C15H22N4O2/c16-7-11(6-9-4-5-18-13(9)20)15(14(17)21)12-3-1-2-10(12)8-19-15/h9-12,19H,1-6,8H2,(H2,17,21)(H,18,20)/t9-,10?,11-,12?,15?/m1/s1. The molecule has 0 radical (unpaired) electrons. The maximum Gasteiger partial charge on any atom is 0.239 e. The van der Waals surface area contributed by atoms with Crippen molar-refractivity contribution in [1.29, 1.82) is 5.26 Å². The van der Waals surface area contributed by atoms with Crippen LogP contribution in [-0.4, -0.2) is 30.4 Å². The monoisotopic (exact) mass is 290 g/mol. The Morgan fingerprint density at radius 2 is 2.29 bits per heavy atom. The van der Waals surface area contributed by atoms with E-state index in [1.807, 2.05) is 0 Å². The molecule has 3 unspecified atom stereocenters. The second kappa shape index (κ2) is 5.30. The van der Waals surface area contributed by atoms with Gasteiger partial charge in [-0.15, -0.1) is 0 Å². The Labute approximate surface area is 124 Å². The second-order valence-corrected chi connectivity index (χ2v) is 6.61. The van der Waals surface area contributed by atoms with Gasteiger partial charge in [-0.3, -0.25) is 9.59 Å². The Balaban J connectivity index is 1.87. The van der Waals surface area contributed by atoms with Gasteiger partial charge in [0.1, 0.15) is 5.54 Å². The Morgan fingerprint density at radius 3 is 2.90 bits per heavy atom. The molecule has 1 saturated carbocycles. The first-order chi connectivity index (χ1) is 10.1. The van der Waals surface area contributed by atoms with E-state index in [1.54, 1.807) is 0 Å². The molecule has 1 aliphatic carbocycles. The molecule has 5 atom stereocenters. The van der Waals surface area contributed by atoms with Crippen LogP contribution in [0.25, 0.3) is 0 Å². The molecule has 4 N–H and O–H groups in total. The molecule has 21 heavy (non-hydrogen) atoms. The predicted molar refractivity (Wildman–Crippen MR) is 75.6 cm³/mol. The van der Waals surface area contributed by atoms with Crippen molar-refractivity contribution in [2.75, 3.05) is 13.1 Å². The summed E-state index contributed by atoms with van der Waals surface area (Å²) in [5.41, 5.74) is 4.78. The summed E-state index contributed by atoms with van der Waals surface area (Å²) < 4.78 is 0. The van der Waals surface area contributed by atoms with Crippen LogP contribution in [0.5, 0.6) is 0 Å². The van der Waals surface area contributed by atoms with Gasteiger partial charge in [0.15, 0.2) is 0 Å². The van der Waals surface area contributed by atoms with Crippen molar-refractivity contribution in [3.8, 4) is 6.07 Å². The number of carbonyl (C=O) groups excluding carboxylic acids is 2. The van der Waals surface area contributed by atoms with Crippen LogP contribution in [0.2, 0.25) is 0 Å². The summed E-state index contributed by atoms with van der Waals surface area (Å²) in [7, 11) is 0. The van der Waals surface area contributed by atoms with E-state index in [-0.39, 0.29) is 17.7 Å². The van der Waals surface area contributed by atoms with E-state index in [2.05, 4.69) is 16.7 Å². The minimum Gasteiger partial charge on any atom is -0.368 e. The molecule has 114 valence electrons. The number of rotatable bonds is 4. The van der Waals surface area contributed by atoms with Gasteiger partial charge in [-0.25, -0.2) is 0 Å². The van der Waals surface area contributed by atoms with Crippen LogP contribution in [0, 0.1) is 35.0 Å². The molecule has 3 aliphatic rings. The lowest BCUT2D eigenvalue weighted by atomic mass is 9.70. The molecule has 6 heteroatoms. The summed E-state index contributed by atoms with van der Waals surface area (Å²) in [6.07, 6.45) is 4.28. The summed E-state index contributed by atoms with van der Waals surface area (Å²) in [5.74, 6) is -0.558. The van der Waals surface area contributed by atoms with Gasteiger partial charge in [0.2, 0.25) is 11.8 Å². The van der Waals surface area contributed by atoms with Crippen molar-refractivity contribution < 1.29 is 9.59 Å². The quantitative estimate of drug-likeness (QED) is 0.671. The van der Waals surface area contributed by atoms with E-state index in [4.69, 9.17) is 5.73 Å². The first-order valence-corrected chi connectivity index (χ1v) is 7.82. The number of hydrogen-bond donors (Lipinski definition) is 3. The number of amides is 2. The van der Waals surface area contributed by atoms with Gasteiger partial charge in [0, 0.05) is 12.5 Å². The Kier molecular flexibility index (Phi) is 3.62. The number of hydrogen-bond acceptors (Lipinski definition) is 4. The normalized spacial score (nSPS) is 39.6. The molecule has 0 bridgehead atoms. The van der Waals surface area contributed by atoms with Gasteiger partial charge in [-0.05, 0) is 44.1 Å². The lowest BCUT2D eigenvalue weighted by molar-refractivity contribution is -0.129. The number of nitriles is 1. The van der Waals surface area contributed by atoms with Crippen LogP contribution >= 0.6 is 0 Å². The van der Waals surface area contributed by atoms with Crippen LogP contribution in [0.4, 0.5) is 0 Å². The van der Waals surface area contributed by atoms with Crippen LogP contribution in [-0.2, 0) is 9.59 Å². The van der Waals surface area contributed by atoms with E-state index in [9.17, 15) is 14.9 Å². The van der Waals surface area contributed by atoms with Crippen LogP contribution in [0.3, 0.4) is 0 Å². The number of nitrogens with two attached hydrogens (primary N) is 1. The van der Waals surface area contributed by atoms with Crippen LogP contribution in [0.1, 0.15) is 32.1 Å². The van der Waals surface area contributed by atoms with E-state index in [0.29, 0.717) is 18.9 Å². The third-order valence-corrected chi connectivity index (χ3v) is 5.70. The zero-order chi connectivity index (χ0) is 15.0. The minimum atomic E-state index is -0.946. The average Bonchev–Trinajstić information content (AvgIpc) is 3.13. The molecule has 2 heterocycles. The predicted octanol–water partition coefficient (Wildman–Crippen LogP) is -0.104. The number of primary amides is 1. The molecule has 2 saturated heterocycles. The van der Waals surface area contributed by atoms with Crippen molar-refractivity contribution >= 4 is 11.8 Å². The van der Waals surface area contributed by atoms with Gasteiger partial charge >= 0.3 is 0 Å². The molecular weight excluding hydrogens is 268 g/mol. The molecule has 0 aromatic rings. The Bertz CT molecular complexity index is 500. The van der Waals surface area contributed by atoms with Gasteiger partial charge in [0.25, 0.3) is 0 Å². The fraction of sp³-hybridized carbons (Fsp3) is 0.800. The second-order valence-electron chi connectivity index (χ2n) is 6.61. The molecule has 3 rings (SSSR count). The molecule has 3 fully saturated rings. The molecule has 6 nitrogen and oxygen atoms in total. The highest BCUT2D eigenvalue weighted by molar-refractivity contribution is 5.87. The third kappa shape index (κ3) is 2.11. The summed E-state index contributed by atoms with van der Waals surface area (Å²) in [5, 5.41) is 15.7. The summed E-state index contributed by atoms with van der Waals surface area (Å²) in [6, 6.07) is 2.28. The first-order valence-electron chi connectivity index (χ1n) is 7.82. The van der Waals surface area contributed by atoms with E-state index in [1.165, 1.54) is 0 Å².